The minimum Gasteiger partial charge on any atom is -0.354 e. The number of rotatable bonds is 4. The van der Waals surface area contributed by atoms with Crippen molar-refractivity contribution in [2.75, 3.05) is 27.2 Å². The quantitative estimate of drug-likeness (QED) is 0.603. The van der Waals surface area contributed by atoms with Crippen LogP contribution in [-0.2, 0) is 0 Å². The molecular formula is C20H20N4O. The van der Waals surface area contributed by atoms with E-state index in [1.807, 2.05) is 37.2 Å². The first-order chi connectivity index (χ1) is 12.1. The molecule has 0 aliphatic carbocycles. The molecule has 2 heterocycles. The van der Waals surface area contributed by atoms with Crippen LogP contribution >= 0.6 is 0 Å². The van der Waals surface area contributed by atoms with E-state index in [-0.39, 0.29) is 5.91 Å². The summed E-state index contributed by atoms with van der Waals surface area (Å²) in [7, 11) is 3.96. The number of nitrogens with zero attached hydrogens (tertiary/aromatic N) is 2. The molecule has 0 spiro atoms. The molecule has 0 atom stereocenters. The normalized spacial score (nSPS) is 11.6. The lowest BCUT2D eigenvalue weighted by molar-refractivity contribution is 0.0948. The van der Waals surface area contributed by atoms with Gasteiger partial charge in [0.2, 0.25) is 0 Å². The number of nitrogens with one attached hydrogen (secondary N) is 2. The van der Waals surface area contributed by atoms with Gasteiger partial charge >= 0.3 is 0 Å². The van der Waals surface area contributed by atoms with Gasteiger partial charge in [0.15, 0.2) is 0 Å². The third kappa shape index (κ3) is 2.83. The molecule has 5 heteroatoms. The summed E-state index contributed by atoms with van der Waals surface area (Å²) in [5, 5.41) is 7.10. The van der Waals surface area contributed by atoms with E-state index in [9.17, 15) is 4.79 Å². The Morgan fingerprint density at radius 1 is 1.08 bits per heavy atom. The highest BCUT2D eigenvalue weighted by Gasteiger charge is 2.13. The Hall–Kier alpha value is -2.92. The number of pyridine rings is 1. The molecule has 0 fully saturated rings. The number of para-hydroxylation sites is 1. The summed E-state index contributed by atoms with van der Waals surface area (Å²) in [6, 6.07) is 14.3. The Bertz CT molecular complexity index is 1080. The van der Waals surface area contributed by atoms with E-state index in [1.54, 1.807) is 6.20 Å². The monoisotopic (exact) mass is 332 g/mol. The molecule has 0 aliphatic heterocycles. The van der Waals surface area contributed by atoms with Crippen LogP contribution in [0.3, 0.4) is 0 Å². The standard InChI is InChI=1S/C20H20N4O/c1-24(2)10-9-22-20(25)19-15-12-16-14-5-3-4-6-17(14)23-18(16)11-13(15)7-8-21-19/h3-8,11-12,23H,9-10H2,1-2H3,(H,22,25). The van der Waals surface area contributed by atoms with Gasteiger partial charge in [0, 0.05) is 46.5 Å². The van der Waals surface area contributed by atoms with Crippen LogP contribution in [0.25, 0.3) is 32.6 Å². The van der Waals surface area contributed by atoms with Gasteiger partial charge in [0.25, 0.3) is 5.91 Å². The summed E-state index contributed by atoms with van der Waals surface area (Å²) in [4.78, 5) is 22.4. The van der Waals surface area contributed by atoms with Crippen LogP contribution in [0.5, 0.6) is 0 Å². The second-order valence-corrected chi connectivity index (χ2v) is 6.51. The second kappa shape index (κ2) is 6.18. The van der Waals surface area contributed by atoms with Crippen LogP contribution in [0, 0.1) is 0 Å². The summed E-state index contributed by atoms with van der Waals surface area (Å²) >= 11 is 0. The van der Waals surface area contributed by atoms with E-state index in [0.29, 0.717) is 12.2 Å². The van der Waals surface area contributed by atoms with Gasteiger partial charge in [0.1, 0.15) is 5.69 Å². The second-order valence-electron chi connectivity index (χ2n) is 6.51. The van der Waals surface area contributed by atoms with Gasteiger partial charge in [-0.1, -0.05) is 18.2 Å². The van der Waals surface area contributed by atoms with Crippen molar-refractivity contribution in [2.24, 2.45) is 0 Å². The fourth-order valence-corrected chi connectivity index (χ4v) is 3.18. The maximum absolute atomic E-state index is 12.6. The topological polar surface area (TPSA) is 61.0 Å². The van der Waals surface area contributed by atoms with Gasteiger partial charge in [-0.05, 0) is 43.7 Å². The first kappa shape index (κ1) is 15.6. The van der Waals surface area contributed by atoms with Crippen molar-refractivity contribution in [3.63, 3.8) is 0 Å². The summed E-state index contributed by atoms with van der Waals surface area (Å²) in [5.41, 5.74) is 2.64. The average molecular weight is 332 g/mol. The molecule has 2 N–H and O–H groups in total. The number of likely N-dealkylation sites (N-methyl/N-ethyl adjacent to an activating group) is 1. The van der Waals surface area contributed by atoms with Gasteiger partial charge < -0.3 is 15.2 Å². The molecule has 0 bridgehead atoms. The van der Waals surface area contributed by atoms with Gasteiger partial charge in [0.05, 0.1) is 0 Å². The number of hydrogen-bond acceptors (Lipinski definition) is 3. The number of aromatic nitrogens is 2. The number of carbonyl (C=O) groups excluding carboxylic acids is 1. The van der Waals surface area contributed by atoms with Crippen LogP contribution in [0.1, 0.15) is 10.5 Å². The van der Waals surface area contributed by atoms with Crippen molar-refractivity contribution in [1.29, 1.82) is 0 Å². The number of H-pyrrole nitrogens is 1. The van der Waals surface area contributed by atoms with E-state index in [0.717, 1.165) is 39.1 Å². The fraction of sp³-hybridized carbons (Fsp3) is 0.200. The molecule has 4 rings (SSSR count). The van der Waals surface area contributed by atoms with Crippen molar-refractivity contribution >= 4 is 38.5 Å². The van der Waals surface area contributed by atoms with Crippen molar-refractivity contribution in [3.05, 3.63) is 54.4 Å². The Morgan fingerprint density at radius 2 is 1.92 bits per heavy atom. The summed E-state index contributed by atoms with van der Waals surface area (Å²) in [5.74, 6) is -0.133. The summed E-state index contributed by atoms with van der Waals surface area (Å²) in [6.07, 6.45) is 1.69. The maximum atomic E-state index is 12.6. The van der Waals surface area contributed by atoms with Crippen LogP contribution in [0.4, 0.5) is 0 Å². The lowest BCUT2D eigenvalue weighted by Gasteiger charge is -2.11. The Balaban J connectivity index is 1.82. The molecule has 0 saturated heterocycles. The smallest absolute Gasteiger partial charge is 0.270 e. The van der Waals surface area contributed by atoms with Gasteiger partial charge in [-0.15, -0.1) is 0 Å². The Kier molecular flexibility index (Phi) is 3.86. The van der Waals surface area contributed by atoms with E-state index < -0.39 is 0 Å². The zero-order chi connectivity index (χ0) is 17.4. The highest BCUT2D eigenvalue weighted by atomic mass is 16.1. The number of aromatic amines is 1. The van der Waals surface area contributed by atoms with Gasteiger partial charge in [-0.25, -0.2) is 0 Å². The van der Waals surface area contributed by atoms with E-state index >= 15 is 0 Å². The van der Waals surface area contributed by atoms with Crippen LogP contribution in [-0.4, -0.2) is 48.0 Å². The molecule has 2 aromatic carbocycles. The van der Waals surface area contributed by atoms with Crippen molar-refractivity contribution in [3.8, 4) is 0 Å². The van der Waals surface area contributed by atoms with E-state index in [4.69, 9.17) is 0 Å². The van der Waals surface area contributed by atoms with Crippen LogP contribution in [0.15, 0.2) is 48.7 Å². The van der Waals surface area contributed by atoms with Gasteiger partial charge in [-0.2, -0.15) is 0 Å². The minimum absolute atomic E-state index is 0.133. The van der Waals surface area contributed by atoms with Gasteiger partial charge in [-0.3, -0.25) is 9.78 Å². The lowest BCUT2D eigenvalue weighted by atomic mass is 10.0. The lowest BCUT2D eigenvalue weighted by Crippen LogP contribution is -2.31. The number of hydrogen-bond donors (Lipinski definition) is 2. The highest BCUT2D eigenvalue weighted by molar-refractivity contribution is 6.15. The number of amides is 1. The van der Waals surface area contributed by atoms with Crippen LogP contribution < -0.4 is 5.32 Å². The van der Waals surface area contributed by atoms with E-state index in [2.05, 4.69) is 39.6 Å². The predicted octanol–water partition coefficient (Wildman–Crippen LogP) is 3.16. The first-order valence-corrected chi connectivity index (χ1v) is 8.35. The highest BCUT2D eigenvalue weighted by Crippen LogP contribution is 2.30. The molecule has 1 amide bonds. The van der Waals surface area contributed by atoms with Crippen molar-refractivity contribution in [1.82, 2.24) is 20.2 Å². The molecular weight excluding hydrogens is 312 g/mol. The molecule has 0 radical (unpaired) electrons. The third-order valence-electron chi connectivity index (χ3n) is 4.45. The SMILES string of the molecule is CN(C)CCNC(=O)c1nccc2cc3[nH]c4ccccc4c3cc12. The third-order valence-corrected chi connectivity index (χ3v) is 4.45. The molecule has 0 aliphatic rings. The molecule has 0 unspecified atom stereocenters. The Labute approximate surface area is 145 Å². The van der Waals surface area contributed by atoms with Crippen molar-refractivity contribution in [2.45, 2.75) is 0 Å². The molecule has 25 heavy (non-hydrogen) atoms. The summed E-state index contributed by atoms with van der Waals surface area (Å²) in [6.45, 7) is 1.39. The summed E-state index contributed by atoms with van der Waals surface area (Å²) < 4.78 is 0. The molecule has 0 saturated carbocycles. The zero-order valence-corrected chi connectivity index (χ0v) is 14.3. The number of fused-ring (bicyclic) bond motifs is 4. The van der Waals surface area contributed by atoms with E-state index in [1.165, 1.54) is 0 Å². The number of benzene rings is 2. The predicted molar refractivity (Wildman–Crippen MR) is 102 cm³/mol. The fourth-order valence-electron chi connectivity index (χ4n) is 3.18. The maximum Gasteiger partial charge on any atom is 0.270 e. The first-order valence-electron chi connectivity index (χ1n) is 8.35. The van der Waals surface area contributed by atoms with Crippen molar-refractivity contribution < 1.29 is 4.79 Å². The molecule has 5 nitrogen and oxygen atoms in total. The zero-order valence-electron chi connectivity index (χ0n) is 14.3. The van der Waals surface area contributed by atoms with Crippen LogP contribution in [0.2, 0.25) is 0 Å². The Morgan fingerprint density at radius 3 is 2.76 bits per heavy atom. The molecule has 2 aromatic heterocycles. The number of carbonyl (C=O) groups is 1. The minimum atomic E-state index is -0.133. The molecule has 4 aromatic rings. The average Bonchev–Trinajstić information content (AvgIpc) is 2.96. The largest absolute Gasteiger partial charge is 0.354 e. The molecule has 126 valence electrons.